The zero-order valence-electron chi connectivity index (χ0n) is 8.99. The van der Waals surface area contributed by atoms with Gasteiger partial charge >= 0.3 is 0 Å². The smallest absolute Gasteiger partial charge is 0.253 e. The molecule has 0 amide bonds. The van der Waals surface area contributed by atoms with E-state index in [0.29, 0.717) is 11.8 Å². The van der Waals surface area contributed by atoms with Gasteiger partial charge in [0.15, 0.2) is 0 Å². The lowest BCUT2D eigenvalue weighted by atomic mass is 9.75. The lowest BCUT2D eigenvalue weighted by molar-refractivity contribution is 0.316. The summed E-state index contributed by atoms with van der Waals surface area (Å²) in [5.74, 6) is 1.24. The molecular formula is C12H16N2O. The molecule has 80 valence electrons. The Morgan fingerprint density at radius 1 is 1.47 bits per heavy atom. The van der Waals surface area contributed by atoms with Crippen LogP contribution in [0.5, 0.6) is 0 Å². The van der Waals surface area contributed by atoms with E-state index in [9.17, 15) is 4.79 Å². The van der Waals surface area contributed by atoms with Gasteiger partial charge in [0.2, 0.25) is 0 Å². The van der Waals surface area contributed by atoms with E-state index >= 15 is 0 Å². The predicted octanol–water partition coefficient (Wildman–Crippen LogP) is 0.634. The molecule has 1 saturated heterocycles. The van der Waals surface area contributed by atoms with Crippen molar-refractivity contribution in [2.75, 3.05) is 13.1 Å². The fraction of sp³-hybridized carbons (Fsp3) is 0.583. The number of nitrogens with zero attached hydrogens (tertiary/aromatic N) is 1. The molecule has 3 heteroatoms. The highest BCUT2D eigenvalue weighted by molar-refractivity contribution is 5.32. The van der Waals surface area contributed by atoms with Crippen molar-refractivity contribution in [3.05, 3.63) is 33.7 Å². The van der Waals surface area contributed by atoms with Crippen LogP contribution in [0.25, 0.3) is 0 Å². The molecule has 0 spiro atoms. The number of aryl methyl sites for hydroxylation is 1. The minimum absolute atomic E-state index is 0.212. The molecule has 1 unspecified atom stereocenters. The van der Waals surface area contributed by atoms with Gasteiger partial charge in [-0.05, 0) is 42.9 Å². The number of hydrogen-bond donors (Lipinski definition) is 1. The van der Waals surface area contributed by atoms with E-state index in [4.69, 9.17) is 0 Å². The monoisotopic (exact) mass is 204 g/mol. The Morgan fingerprint density at radius 2 is 2.33 bits per heavy atom. The molecule has 2 atom stereocenters. The number of aromatic nitrogens is 1. The van der Waals surface area contributed by atoms with Gasteiger partial charge in [-0.3, -0.25) is 4.79 Å². The van der Waals surface area contributed by atoms with Crippen LogP contribution >= 0.6 is 0 Å². The summed E-state index contributed by atoms with van der Waals surface area (Å²) < 4.78 is 1.70. The van der Waals surface area contributed by atoms with Crippen LogP contribution in [0.2, 0.25) is 0 Å². The van der Waals surface area contributed by atoms with E-state index in [1.54, 1.807) is 4.57 Å². The first-order chi connectivity index (χ1) is 7.25. The highest BCUT2D eigenvalue weighted by Gasteiger charge is 2.31. The van der Waals surface area contributed by atoms with Crippen molar-refractivity contribution in [1.82, 2.24) is 9.88 Å². The van der Waals surface area contributed by atoms with Gasteiger partial charge in [0, 0.05) is 25.4 Å². The van der Waals surface area contributed by atoms with Crippen LogP contribution < -0.4 is 10.9 Å². The summed E-state index contributed by atoms with van der Waals surface area (Å²) in [5.41, 5.74) is 2.58. The van der Waals surface area contributed by atoms with E-state index in [0.717, 1.165) is 25.1 Å². The summed E-state index contributed by atoms with van der Waals surface area (Å²) in [5, 5.41) is 3.45. The van der Waals surface area contributed by atoms with Crippen molar-refractivity contribution >= 4 is 0 Å². The molecule has 15 heavy (non-hydrogen) atoms. The minimum atomic E-state index is 0.212. The lowest BCUT2D eigenvalue weighted by Gasteiger charge is -2.36. The molecular weight excluding hydrogens is 188 g/mol. The van der Waals surface area contributed by atoms with Gasteiger partial charge in [-0.25, -0.2) is 0 Å². The van der Waals surface area contributed by atoms with Crippen LogP contribution in [0.1, 0.15) is 23.5 Å². The Balaban J connectivity index is 2.17. The van der Waals surface area contributed by atoms with Crippen molar-refractivity contribution < 1.29 is 0 Å². The fourth-order valence-corrected chi connectivity index (χ4v) is 3.00. The maximum atomic E-state index is 12.0. The van der Waals surface area contributed by atoms with Gasteiger partial charge in [-0.1, -0.05) is 0 Å². The SMILES string of the molecule is Cn1ccc2c(c1=O)CC1CNC[C@@H]2C1. The summed E-state index contributed by atoms with van der Waals surface area (Å²) in [4.78, 5) is 12.0. The molecule has 3 rings (SSSR count). The summed E-state index contributed by atoms with van der Waals surface area (Å²) in [7, 11) is 1.84. The van der Waals surface area contributed by atoms with Gasteiger partial charge in [-0.2, -0.15) is 0 Å². The normalized spacial score (nSPS) is 28.6. The van der Waals surface area contributed by atoms with Crippen LogP contribution in [0, 0.1) is 5.92 Å². The van der Waals surface area contributed by atoms with E-state index in [1.165, 1.54) is 12.0 Å². The summed E-state index contributed by atoms with van der Waals surface area (Å²) in [6, 6.07) is 2.13. The van der Waals surface area contributed by atoms with E-state index in [1.807, 2.05) is 13.2 Å². The van der Waals surface area contributed by atoms with Crippen LogP contribution in [0.15, 0.2) is 17.1 Å². The third-order valence-corrected chi connectivity index (χ3v) is 3.78. The van der Waals surface area contributed by atoms with E-state index in [2.05, 4.69) is 11.4 Å². The Kier molecular flexibility index (Phi) is 1.96. The number of rotatable bonds is 0. The lowest BCUT2D eigenvalue weighted by Crippen LogP contribution is -2.42. The van der Waals surface area contributed by atoms with Gasteiger partial charge < -0.3 is 9.88 Å². The number of piperidine rings is 1. The second-order valence-corrected chi connectivity index (χ2v) is 4.83. The predicted molar refractivity (Wildman–Crippen MR) is 59.1 cm³/mol. The molecule has 1 aromatic heterocycles. The largest absolute Gasteiger partial charge is 0.318 e. The highest BCUT2D eigenvalue weighted by Crippen LogP contribution is 2.34. The first kappa shape index (κ1) is 9.16. The summed E-state index contributed by atoms with van der Waals surface area (Å²) >= 11 is 0. The van der Waals surface area contributed by atoms with Crippen molar-refractivity contribution in [2.45, 2.75) is 18.8 Å². The van der Waals surface area contributed by atoms with E-state index < -0.39 is 0 Å². The molecule has 0 saturated carbocycles. The third kappa shape index (κ3) is 1.34. The van der Waals surface area contributed by atoms with Gasteiger partial charge in [0.25, 0.3) is 5.56 Å². The van der Waals surface area contributed by atoms with Gasteiger partial charge in [-0.15, -0.1) is 0 Å². The maximum absolute atomic E-state index is 12.0. The Morgan fingerprint density at radius 3 is 3.20 bits per heavy atom. The molecule has 1 aliphatic heterocycles. The zero-order chi connectivity index (χ0) is 10.4. The first-order valence-corrected chi connectivity index (χ1v) is 5.65. The molecule has 1 fully saturated rings. The minimum Gasteiger partial charge on any atom is -0.318 e. The summed E-state index contributed by atoms with van der Waals surface area (Å²) in [6.07, 6.45) is 4.12. The Hall–Kier alpha value is -1.09. The highest BCUT2D eigenvalue weighted by atomic mass is 16.1. The van der Waals surface area contributed by atoms with Crippen LogP contribution in [-0.4, -0.2) is 17.7 Å². The number of pyridine rings is 1. The average molecular weight is 204 g/mol. The Bertz CT molecular complexity index is 449. The second kappa shape index (κ2) is 3.20. The van der Waals surface area contributed by atoms with Gasteiger partial charge in [0.1, 0.15) is 0 Å². The van der Waals surface area contributed by atoms with E-state index in [-0.39, 0.29) is 5.56 Å². The molecule has 0 aromatic carbocycles. The molecule has 2 aliphatic rings. The van der Waals surface area contributed by atoms with Crippen molar-refractivity contribution in [2.24, 2.45) is 13.0 Å². The fourth-order valence-electron chi connectivity index (χ4n) is 3.00. The number of nitrogens with one attached hydrogen (secondary N) is 1. The van der Waals surface area contributed by atoms with Crippen LogP contribution in [0.3, 0.4) is 0 Å². The van der Waals surface area contributed by atoms with Crippen molar-refractivity contribution in [3.8, 4) is 0 Å². The quantitative estimate of drug-likeness (QED) is 0.672. The number of hydrogen-bond acceptors (Lipinski definition) is 2. The van der Waals surface area contributed by atoms with Crippen molar-refractivity contribution in [3.63, 3.8) is 0 Å². The molecule has 0 radical (unpaired) electrons. The van der Waals surface area contributed by atoms with Crippen molar-refractivity contribution in [1.29, 1.82) is 0 Å². The molecule has 3 nitrogen and oxygen atoms in total. The molecule has 1 N–H and O–H groups in total. The van der Waals surface area contributed by atoms with Crippen LogP contribution in [-0.2, 0) is 13.5 Å². The van der Waals surface area contributed by atoms with Crippen LogP contribution in [0.4, 0.5) is 0 Å². The summed E-state index contributed by atoms with van der Waals surface area (Å²) in [6.45, 7) is 2.12. The first-order valence-electron chi connectivity index (χ1n) is 5.65. The second-order valence-electron chi connectivity index (χ2n) is 4.83. The van der Waals surface area contributed by atoms with Gasteiger partial charge in [0.05, 0.1) is 0 Å². The standard InChI is InChI=1S/C12H16N2O/c1-14-3-2-10-9-4-8(6-13-7-9)5-11(10)12(14)15/h2-3,8-9,13H,4-7H2,1H3/t8?,9-/m0/s1. The zero-order valence-corrected chi connectivity index (χ0v) is 8.99. The number of fused-ring (bicyclic) bond motifs is 4. The molecule has 2 bridgehead atoms. The Labute approximate surface area is 89.1 Å². The molecule has 1 aromatic rings. The maximum Gasteiger partial charge on any atom is 0.253 e. The molecule has 2 heterocycles. The average Bonchev–Trinajstić information content (AvgIpc) is 2.25. The topological polar surface area (TPSA) is 34.0 Å². The third-order valence-electron chi connectivity index (χ3n) is 3.78. The molecule has 1 aliphatic carbocycles.